The Morgan fingerprint density at radius 3 is 2.53 bits per heavy atom. The Morgan fingerprint density at radius 1 is 1.47 bits per heavy atom. The summed E-state index contributed by atoms with van der Waals surface area (Å²) in [7, 11) is 0. The van der Waals surface area contributed by atoms with Crippen molar-refractivity contribution in [2.45, 2.75) is 51.4 Å². The highest BCUT2D eigenvalue weighted by molar-refractivity contribution is 5.72. The van der Waals surface area contributed by atoms with Crippen molar-refractivity contribution >= 4 is 12.1 Å². The van der Waals surface area contributed by atoms with E-state index in [4.69, 9.17) is 9.84 Å². The number of amides is 1. The van der Waals surface area contributed by atoms with Crippen molar-refractivity contribution in [3.8, 4) is 0 Å². The van der Waals surface area contributed by atoms with Gasteiger partial charge in [0.1, 0.15) is 11.8 Å². The van der Waals surface area contributed by atoms with Crippen LogP contribution >= 0.6 is 0 Å². The van der Waals surface area contributed by atoms with Gasteiger partial charge in [0, 0.05) is 12.5 Å². The molecule has 0 spiro atoms. The lowest BCUT2D eigenvalue weighted by Gasteiger charge is -2.27. The number of carbonyl (C=O) groups is 2. The maximum atomic E-state index is 13.2. The van der Waals surface area contributed by atoms with Gasteiger partial charge in [0.15, 0.2) is 0 Å². The van der Waals surface area contributed by atoms with Crippen molar-refractivity contribution in [3.05, 3.63) is 0 Å². The quantitative estimate of drug-likeness (QED) is 0.808. The smallest absolute Gasteiger partial charge is 0.410 e. The molecule has 1 rings (SSSR count). The van der Waals surface area contributed by atoms with Gasteiger partial charge in [-0.2, -0.15) is 0 Å². The summed E-state index contributed by atoms with van der Waals surface area (Å²) >= 11 is 0. The largest absolute Gasteiger partial charge is 0.481 e. The van der Waals surface area contributed by atoms with Crippen molar-refractivity contribution in [2.75, 3.05) is 6.54 Å². The summed E-state index contributed by atoms with van der Waals surface area (Å²) in [5, 5.41) is 8.69. The Bertz CT molecular complexity index is 313. The molecule has 1 aliphatic heterocycles. The molecule has 17 heavy (non-hydrogen) atoms. The fraction of sp³-hybridized carbons (Fsp3) is 0.818. The molecule has 0 unspecified atom stereocenters. The molecule has 2 atom stereocenters. The van der Waals surface area contributed by atoms with E-state index in [0.717, 1.165) is 0 Å². The number of hydrogen-bond acceptors (Lipinski definition) is 3. The minimum Gasteiger partial charge on any atom is -0.481 e. The highest BCUT2D eigenvalue weighted by Crippen LogP contribution is 2.25. The maximum Gasteiger partial charge on any atom is 0.410 e. The second-order valence-corrected chi connectivity index (χ2v) is 5.22. The molecule has 1 aliphatic rings. The molecule has 1 amide bonds. The van der Waals surface area contributed by atoms with E-state index in [1.807, 2.05) is 0 Å². The first-order valence-corrected chi connectivity index (χ1v) is 5.54. The lowest BCUT2D eigenvalue weighted by atomic mass is 10.1. The number of ether oxygens (including phenoxy) is 1. The topological polar surface area (TPSA) is 66.8 Å². The summed E-state index contributed by atoms with van der Waals surface area (Å²) in [6, 6.07) is -0.614. The van der Waals surface area contributed by atoms with E-state index in [1.165, 1.54) is 4.90 Å². The van der Waals surface area contributed by atoms with Crippen LogP contribution in [0.5, 0.6) is 0 Å². The van der Waals surface area contributed by atoms with Crippen molar-refractivity contribution in [2.24, 2.45) is 0 Å². The molecule has 0 aromatic heterocycles. The van der Waals surface area contributed by atoms with Crippen molar-refractivity contribution in [1.82, 2.24) is 4.90 Å². The van der Waals surface area contributed by atoms with Gasteiger partial charge < -0.3 is 14.7 Å². The number of carboxylic acid groups (broad SMARTS) is 1. The van der Waals surface area contributed by atoms with E-state index in [2.05, 4.69) is 0 Å². The summed E-state index contributed by atoms with van der Waals surface area (Å²) in [4.78, 5) is 23.5. The Labute approximate surface area is 99.5 Å². The number of carbonyl (C=O) groups excluding carboxylic acids is 1. The summed E-state index contributed by atoms with van der Waals surface area (Å²) in [5.74, 6) is -1.04. The van der Waals surface area contributed by atoms with Crippen LogP contribution in [0.4, 0.5) is 9.18 Å². The van der Waals surface area contributed by atoms with Crippen molar-refractivity contribution < 1.29 is 23.8 Å². The summed E-state index contributed by atoms with van der Waals surface area (Å²) in [5.41, 5.74) is -0.667. The number of hydrogen-bond donors (Lipinski definition) is 1. The molecular weight excluding hydrogens is 229 g/mol. The van der Waals surface area contributed by atoms with E-state index < -0.39 is 29.9 Å². The predicted octanol–water partition coefficient (Wildman–Crippen LogP) is 1.81. The predicted molar refractivity (Wildman–Crippen MR) is 58.5 cm³/mol. The van der Waals surface area contributed by atoms with Gasteiger partial charge in [0.05, 0.1) is 13.0 Å². The Hall–Kier alpha value is -1.33. The molecule has 98 valence electrons. The van der Waals surface area contributed by atoms with Crippen LogP contribution in [0, 0.1) is 0 Å². The van der Waals surface area contributed by atoms with E-state index >= 15 is 0 Å². The molecule has 0 aromatic rings. The van der Waals surface area contributed by atoms with Crippen molar-refractivity contribution in [3.63, 3.8) is 0 Å². The number of nitrogens with zero attached hydrogens (tertiary/aromatic N) is 1. The Morgan fingerprint density at radius 2 is 2.06 bits per heavy atom. The molecule has 1 heterocycles. The van der Waals surface area contributed by atoms with Crippen LogP contribution < -0.4 is 0 Å². The molecular formula is C11H18FNO4. The highest BCUT2D eigenvalue weighted by Gasteiger charge is 2.38. The summed E-state index contributed by atoms with van der Waals surface area (Å²) < 4.78 is 18.3. The number of alkyl halides is 1. The van der Waals surface area contributed by atoms with Gasteiger partial charge in [-0.3, -0.25) is 4.79 Å². The normalized spacial score (nSPS) is 24.8. The maximum absolute atomic E-state index is 13.2. The van der Waals surface area contributed by atoms with Crippen LogP contribution in [0.15, 0.2) is 0 Å². The molecule has 5 nitrogen and oxygen atoms in total. The number of aliphatic carboxylic acids is 1. The van der Waals surface area contributed by atoms with Crippen LogP contribution in [-0.4, -0.2) is 46.4 Å². The van der Waals surface area contributed by atoms with Crippen LogP contribution in [0.1, 0.15) is 33.6 Å². The van der Waals surface area contributed by atoms with Crippen LogP contribution in [0.2, 0.25) is 0 Å². The number of carboxylic acids is 1. The molecule has 0 bridgehead atoms. The first kappa shape index (κ1) is 13.7. The third kappa shape index (κ3) is 4.20. The van der Waals surface area contributed by atoms with Gasteiger partial charge in [-0.25, -0.2) is 9.18 Å². The Kier molecular flexibility index (Phi) is 3.95. The van der Waals surface area contributed by atoms with E-state index in [0.29, 0.717) is 0 Å². The number of rotatable bonds is 2. The van der Waals surface area contributed by atoms with E-state index in [1.54, 1.807) is 20.8 Å². The molecule has 6 heteroatoms. The van der Waals surface area contributed by atoms with E-state index in [-0.39, 0.29) is 19.4 Å². The molecule has 0 saturated carbocycles. The van der Waals surface area contributed by atoms with Gasteiger partial charge in [-0.05, 0) is 20.8 Å². The second-order valence-electron chi connectivity index (χ2n) is 5.22. The van der Waals surface area contributed by atoms with Gasteiger partial charge in [-0.15, -0.1) is 0 Å². The van der Waals surface area contributed by atoms with Crippen LogP contribution in [0.25, 0.3) is 0 Å². The SMILES string of the molecule is CC(C)(C)OC(=O)N1C[C@@H](F)C[C@@H]1CC(=O)O. The number of halogens is 1. The molecule has 1 saturated heterocycles. The minimum atomic E-state index is -1.17. The molecule has 1 N–H and O–H groups in total. The van der Waals surface area contributed by atoms with Crippen LogP contribution in [0.3, 0.4) is 0 Å². The van der Waals surface area contributed by atoms with Crippen molar-refractivity contribution in [1.29, 1.82) is 0 Å². The molecule has 0 radical (unpaired) electrons. The Balaban J connectivity index is 2.66. The minimum absolute atomic E-state index is 0.0611. The fourth-order valence-electron chi connectivity index (χ4n) is 1.80. The third-order valence-electron chi connectivity index (χ3n) is 2.40. The molecule has 1 fully saturated rings. The zero-order chi connectivity index (χ0) is 13.2. The first-order valence-electron chi connectivity index (χ1n) is 5.54. The number of likely N-dealkylation sites (tertiary alicyclic amines) is 1. The monoisotopic (exact) mass is 247 g/mol. The lowest BCUT2D eigenvalue weighted by molar-refractivity contribution is -0.138. The average Bonchev–Trinajstić information content (AvgIpc) is 2.42. The molecule has 0 aromatic carbocycles. The first-order chi connectivity index (χ1) is 7.69. The van der Waals surface area contributed by atoms with Gasteiger partial charge in [0.25, 0.3) is 0 Å². The molecule has 0 aliphatic carbocycles. The van der Waals surface area contributed by atoms with Gasteiger partial charge >= 0.3 is 12.1 Å². The summed E-state index contributed by atoms with van der Waals surface area (Å²) in [6.07, 6.45) is -2.01. The highest BCUT2D eigenvalue weighted by atomic mass is 19.1. The fourth-order valence-corrected chi connectivity index (χ4v) is 1.80. The zero-order valence-electron chi connectivity index (χ0n) is 10.3. The lowest BCUT2D eigenvalue weighted by Crippen LogP contribution is -2.40. The van der Waals surface area contributed by atoms with Gasteiger partial charge in [-0.1, -0.05) is 0 Å². The summed E-state index contributed by atoms with van der Waals surface area (Å²) in [6.45, 7) is 5.03. The van der Waals surface area contributed by atoms with Crippen LogP contribution in [-0.2, 0) is 9.53 Å². The van der Waals surface area contributed by atoms with E-state index in [9.17, 15) is 14.0 Å². The second kappa shape index (κ2) is 4.89. The van der Waals surface area contributed by atoms with Gasteiger partial charge in [0.2, 0.25) is 0 Å². The third-order valence-corrected chi connectivity index (χ3v) is 2.40. The zero-order valence-corrected chi connectivity index (χ0v) is 10.3. The standard InChI is InChI=1S/C11H18FNO4/c1-11(2,3)17-10(16)13-6-7(12)4-8(13)5-9(14)15/h7-8H,4-6H2,1-3H3,(H,14,15)/t7-,8+/m0/s1. The average molecular weight is 247 g/mol.